The summed E-state index contributed by atoms with van der Waals surface area (Å²) in [6.45, 7) is 5.72. The Labute approximate surface area is 123 Å². The van der Waals surface area contributed by atoms with E-state index in [4.69, 9.17) is 17.3 Å². The number of carbonyl (C=O) groups is 1. The number of carbonyl (C=O) groups excluding carboxylic acids is 1. The van der Waals surface area contributed by atoms with Gasteiger partial charge in [0.05, 0.1) is 0 Å². The predicted octanol–water partition coefficient (Wildman–Crippen LogP) is 4.10. The van der Waals surface area contributed by atoms with Crippen molar-refractivity contribution in [3.05, 3.63) is 57.6 Å². The number of nitrogens with one attached hydrogen (secondary N) is 1. The molecule has 0 aliphatic heterocycles. The fourth-order valence-electron chi connectivity index (χ4n) is 2.17. The maximum Gasteiger partial charge on any atom is 0.255 e. The number of hydrogen-bond donors (Lipinski definition) is 2. The molecule has 2 aromatic rings. The molecule has 0 radical (unpaired) electrons. The molecule has 2 rings (SSSR count). The molecule has 4 heteroatoms. The molecular formula is C16H17ClN2O. The van der Waals surface area contributed by atoms with Gasteiger partial charge in [-0.25, -0.2) is 0 Å². The predicted molar refractivity (Wildman–Crippen MR) is 84.5 cm³/mol. The molecule has 0 fully saturated rings. The summed E-state index contributed by atoms with van der Waals surface area (Å²) in [6.07, 6.45) is 0. The lowest BCUT2D eigenvalue weighted by atomic mass is 10.1. The van der Waals surface area contributed by atoms with Gasteiger partial charge in [-0.3, -0.25) is 4.79 Å². The van der Waals surface area contributed by atoms with Crippen LogP contribution in [0.15, 0.2) is 30.3 Å². The minimum absolute atomic E-state index is 0.152. The molecule has 0 aromatic heterocycles. The topological polar surface area (TPSA) is 55.1 Å². The van der Waals surface area contributed by atoms with Crippen molar-refractivity contribution in [1.82, 2.24) is 0 Å². The molecule has 0 bridgehead atoms. The highest BCUT2D eigenvalue weighted by Gasteiger charge is 2.11. The van der Waals surface area contributed by atoms with Gasteiger partial charge in [-0.05, 0) is 67.8 Å². The van der Waals surface area contributed by atoms with Gasteiger partial charge in [0.1, 0.15) is 0 Å². The van der Waals surface area contributed by atoms with Crippen molar-refractivity contribution in [3.63, 3.8) is 0 Å². The Morgan fingerprint density at radius 3 is 2.20 bits per heavy atom. The van der Waals surface area contributed by atoms with Crippen LogP contribution in [0.5, 0.6) is 0 Å². The first-order valence-corrected chi connectivity index (χ1v) is 6.70. The fraction of sp³-hybridized carbons (Fsp3) is 0.188. The van der Waals surface area contributed by atoms with Crippen molar-refractivity contribution < 1.29 is 4.79 Å². The van der Waals surface area contributed by atoms with Crippen LogP contribution in [-0.2, 0) is 0 Å². The van der Waals surface area contributed by atoms with Gasteiger partial charge >= 0.3 is 0 Å². The summed E-state index contributed by atoms with van der Waals surface area (Å²) >= 11 is 5.97. The minimum atomic E-state index is -0.152. The van der Waals surface area contributed by atoms with Gasteiger partial charge in [0, 0.05) is 22.0 Å². The quantitative estimate of drug-likeness (QED) is 0.818. The van der Waals surface area contributed by atoms with Crippen molar-refractivity contribution in [2.75, 3.05) is 11.1 Å². The normalized spacial score (nSPS) is 10.4. The zero-order valence-electron chi connectivity index (χ0n) is 11.8. The number of nitrogens with two attached hydrogens (primary N) is 1. The van der Waals surface area contributed by atoms with Crippen LogP contribution in [-0.4, -0.2) is 5.91 Å². The highest BCUT2D eigenvalue weighted by Crippen LogP contribution is 2.24. The Bertz CT molecular complexity index is 657. The van der Waals surface area contributed by atoms with E-state index in [-0.39, 0.29) is 5.91 Å². The van der Waals surface area contributed by atoms with Crippen LogP contribution in [0, 0.1) is 20.8 Å². The smallest absolute Gasteiger partial charge is 0.255 e. The summed E-state index contributed by atoms with van der Waals surface area (Å²) in [6, 6.07) is 8.91. The van der Waals surface area contributed by atoms with E-state index >= 15 is 0 Å². The highest BCUT2D eigenvalue weighted by molar-refractivity contribution is 6.31. The number of rotatable bonds is 2. The monoisotopic (exact) mass is 288 g/mol. The molecule has 0 aliphatic carbocycles. The van der Waals surface area contributed by atoms with E-state index in [9.17, 15) is 4.79 Å². The number of anilines is 2. The van der Waals surface area contributed by atoms with Gasteiger partial charge in [0.15, 0.2) is 0 Å². The number of hydrogen-bond acceptors (Lipinski definition) is 2. The lowest BCUT2D eigenvalue weighted by Gasteiger charge is -2.13. The van der Waals surface area contributed by atoms with Crippen LogP contribution >= 0.6 is 11.6 Å². The van der Waals surface area contributed by atoms with Gasteiger partial charge in [-0.15, -0.1) is 0 Å². The standard InChI is InChI=1S/C16H17ClN2O/c1-9-6-12(4-5-14(9)17)16(20)19-15-10(2)7-13(18)8-11(15)3/h4-8H,18H2,1-3H3,(H,19,20). The number of aryl methyl sites for hydroxylation is 3. The average molecular weight is 289 g/mol. The van der Waals surface area contributed by atoms with E-state index in [2.05, 4.69) is 5.32 Å². The molecule has 3 nitrogen and oxygen atoms in total. The van der Waals surface area contributed by atoms with Crippen LogP contribution in [0.1, 0.15) is 27.0 Å². The molecule has 0 spiro atoms. The van der Waals surface area contributed by atoms with Crippen LogP contribution in [0.4, 0.5) is 11.4 Å². The number of benzene rings is 2. The molecular weight excluding hydrogens is 272 g/mol. The zero-order chi connectivity index (χ0) is 14.9. The first-order valence-electron chi connectivity index (χ1n) is 6.32. The Balaban J connectivity index is 2.30. The molecule has 1 amide bonds. The number of halogens is 1. The van der Waals surface area contributed by atoms with E-state index < -0.39 is 0 Å². The number of amides is 1. The maximum atomic E-state index is 12.3. The van der Waals surface area contributed by atoms with Crippen molar-refractivity contribution in [2.24, 2.45) is 0 Å². The Morgan fingerprint density at radius 2 is 1.65 bits per heavy atom. The molecule has 0 aliphatic rings. The van der Waals surface area contributed by atoms with Crippen LogP contribution in [0.25, 0.3) is 0 Å². The van der Waals surface area contributed by atoms with Crippen molar-refractivity contribution in [3.8, 4) is 0 Å². The molecule has 0 saturated carbocycles. The summed E-state index contributed by atoms with van der Waals surface area (Å²) in [5, 5.41) is 3.59. The van der Waals surface area contributed by atoms with Gasteiger partial charge < -0.3 is 11.1 Å². The van der Waals surface area contributed by atoms with E-state index in [1.807, 2.05) is 32.9 Å². The summed E-state index contributed by atoms with van der Waals surface area (Å²) in [4.78, 5) is 12.3. The van der Waals surface area contributed by atoms with Gasteiger partial charge in [-0.2, -0.15) is 0 Å². The highest BCUT2D eigenvalue weighted by atomic mass is 35.5. The SMILES string of the molecule is Cc1cc(C(=O)Nc2c(C)cc(N)cc2C)ccc1Cl. The minimum Gasteiger partial charge on any atom is -0.399 e. The van der Waals surface area contributed by atoms with Crippen LogP contribution in [0.2, 0.25) is 5.02 Å². The molecule has 0 atom stereocenters. The van der Waals surface area contributed by atoms with E-state index in [1.165, 1.54) is 0 Å². The van der Waals surface area contributed by atoms with Crippen molar-refractivity contribution in [2.45, 2.75) is 20.8 Å². The molecule has 0 unspecified atom stereocenters. The molecule has 3 N–H and O–H groups in total. The second-order valence-electron chi connectivity index (χ2n) is 4.95. The van der Waals surface area contributed by atoms with Crippen LogP contribution < -0.4 is 11.1 Å². The summed E-state index contributed by atoms with van der Waals surface area (Å²) in [5.41, 5.74) is 10.6. The van der Waals surface area contributed by atoms with E-state index in [0.29, 0.717) is 16.3 Å². The van der Waals surface area contributed by atoms with Gasteiger partial charge in [0.25, 0.3) is 5.91 Å². The molecule has 20 heavy (non-hydrogen) atoms. The Kier molecular flexibility index (Phi) is 4.00. The van der Waals surface area contributed by atoms with Gasteiger partial charge in [-0.1, -0.05) is 11.6 Å². The first-order chi connectivity index (χ1) is 9.38. The molecule has 2 aromatic carbocycles. The maximum absolute atomic E-state index is 12.3. The Hall–Kier alpha value is -2.00. The second-order valence-corrected chi connectivity index (χ2v) is 5.35. The third-order valence-electron chi connectivity index (χ3n) is 3.21. The van der Waals surface area contributed by atoms with Crippen LogP contribution in [0.3, 0.4) is 0 Å². The largest absolute Gasteiger partial charge is 0.399 e. The summed E-state index contributed by atoms with van der Waals surface area (Å²) in [7, 11) is 0. The third kappa shape index (κ3) is 2.94. The number of nitrogen functional groups attached to an aromatic ring is 1. The van der Waals surface area contributed by atoms with Crippen molar-refractivity contribution >= 4 is 28.9 Å². The van der Waals surface area contributed by atoms with E-state index in [0.717, 1.165) is 22.4 Å². The molecule has 0 heterocycles. The molecule has 104 valence electrons. The Morgan fingerprint density at radius 1 is 1.05 bits per heavy atom. The average Bonchev–Trinajstić information content (AvgIpc) is 2.36. The summed E-state index contributed by atoms with van der Waals surface area (Å²) < 4.78 is 0. The fourth-order valence-corrected chi connectivity index (χ4v) is 2.28. The lowest BCUT2D eigenvalue weighted by Crippen LogP contribution is -2.14. The third-order valence-corrected chi connectivity index (χ3v) is 3.64. The van der Waals surface area contributed by atoms with Crippen molar-refractivity contribution in [1.29, 1.82) is 0 Å². The zero-order valence-corrected chi connectivity index (χ0v) is 12.5. The van der Waals surface area contributed by atoms with E-state index in [1.54, 1.807) is 18.2 Å². The molecule has 0 saturated heterocycles. The second kappa shape index (κ2) is 5.55. The first kappa shape index (κ1) is 14.4. The van der Waals surface area contributed by atoms with Gasteiger partial charge in [0.2, 0.25) is 0 Å². The lowest BCUT2D eigenvalue weighted by molar-refractivity contribution is 0.102. The summed E-state index contributed by atoms with van der Waals surface area (Å²) in [5.74, 6) is -0.152.